The molecule has 0 spiro atoms. The van der Waals surface area contributed by atoms with Gasteiger partial charge in [-0.2, -0.15) is 0 Å². The lowest BCUT2D eigenvalue weighted by molar-refractivity contribution is -0.384. The second kappa shape index (κ2) is 8.20. The van der Waals surface area contributed by atoms with Crippen LogP contribution in [0, 0.1) is 10.1 Å². The summed E-state index contributed by atoms with van der Waals surface area (Å²) in [5.41, 5.74) is 0.678. The molecule has 2 amide bonds. The van der Waals surface area contributed by atoms with Gasteiger partial charge in [0.25, 0.3) is 5.69 Å². The Balaban J connectivity index is 2.55. The number of rotatable bonds is 9. The minimum atomic E-state index is -0.472. The van der Waals surface area contributed by atoms with Crippen LogP contribution >= 0.6 is 0 Å². The van der Waals surface area contributed by atoms with Crippen molar-refractivity contribution in [2.24, 2.45) is 0 Å². The Hall–Kier alpha value is -2.32. The molecule has 0 saturated heterocycles. The largest absolute Gasteiger partial charge is 0.359 e. The highest BCUT2D eigenvalue weighted by molar-refractivity contribution is 5.89. The smallest absolute Gasteiger partial charge is 0.332 e. The molecule has 1 rings (SSSR count). The second-order valence-electron chi connectivity index (χ2n) is 5.22. The van der Waals surface area contributed by atoms with Crippen molar-refractivity contribution in [3.8, 4) is 0 Å². The Morgan fingerprint density at radius 1 is 1.27 bits per heavy atom. The maximum absolute atomic E-state index is 12.3. The minimum Gasteiger partial charge on any atom is -0.359 e. The molecule has 0 heterocycles. The molecule has 0 atom stereocenters. The van der Waals surface area contributed by atoms with Crippen LogP contribution in [0.15, 0.2) is 24.3 Å². The SMILES string of the molecule is C[N+](C)(C(=O)CNCCCNC=O)c1ccc([N+](=O)[O-])cc1. The molecule has 8 nitrogen and oxygen atoms in total. The number of nitro benzene ring substituents is 1. The first-order valence-electron chi connectivity index (χ1n) is 6.89. The lowest BCUT2D eigenvalue weighted by Crippen LogP contribution is -2.51. The topological polar surface area (TPSA) is 101 Å². The molecular formula is C14H21N4O4+. The Labute approximate surface area is 128 Å². The summed E-state index contributed by atoms with van der Waals surface area (Å²) in [7, 11) is 3.47. The molecule has 1 aromatic rings. The van der Waals surface area contributed by atoms with Gasteiger partial charge < -0.3 is 10.6 Å². The summed E-state index contributed by atoms with van der Waals surface area (Å²) in [6, 6.07) is 5.95. The number of nitrogens with one attached hydrogen (secondary N) is 2. The lowest BCUT2D eigenvalue weighted by atomic mass is 10.2. The molecule has 0 saturated carbocycles. The fraction of sp³-hybridized carbons (Fsp3) is 0.429. The maximum Gasteiger partial charge on any atom is 0.332 e. The van der Waals surface area contributed by atoms with E-state index < -0.39 is 4.92 Å². The van der Waals surface area contributed by atoms with Gasteiger partial charge in [-0.1, -0.05) is 0 Å². The van der Waals surface area contributed by atoms with Crippen molar-refractivity contribution in [1.82, 2.24) is 15.1 Å². The molecule has 0 radical (unpaired) electrons. The van der Waals surface area contributed by atoms with E-state index in [1.165, 1.54) is 12.1 Å². The third-order valence-electron chi connectivity index (χ3n) is 3.36. The van der Waals surface area contributed by atoms with Crippen LogP contribution in [0.1, 0.15) is 6.42 Å². The van der Waals surface area contributed by atoms with E-state index >= 15 is 0 Å². The van der Waals surface area contributed by atoms with Crippen molar-refractivity contribution in [2.45, 2.75) is 6.42 Å². The summed E-state index contributed by atoms with van der Waals surface area (Å²) in [6.45, 7) is 1.36. The van der Waals surface area contributed by atoms with Gasteiger partial charge in [-0.3, -0.25) is 14.9 Å². The van der Waals surface area contributed by atoms with Gasteiger partial charge in [0.05, 0.1) is 19.0 Å². The molecule has 8 heteroatoms. The first-order chi connectivity index (χ1) is 10.4. The number of benzene rings is 1. The summed E-state index contributed by atoms with van der Waals surface area (Å²) in [5.74, 6) is -0.0581. The predicted molar refractivity (Wildman–Crippen MR) is 83.3 cm³/mol. The third-order valence-corrected chi connectivity index (χ3v) is 3.36. The summed E-state index contributed by atoms with van der Waals surface area (Å²) >= 11 is 0. The van der Waals surface area contributed by atoms with Crippen LogP contribution in [-0.2, 0) is 9.59 Å². The Bertz CT molecular complexity index is 528. The molecule has 120 valence electrons. The fourth-order valence-corrected chi connectivity index (χ4v) is 1.86. The Morgan fingerprint density at radius 2 is 1.91 bits per heavy atom. The predicted octanol–water partition coefficient (Wildman–Crippen LogP) is 0.414. The van der Waals surface area contributed by atoms with Crippen LogP contribution in [0.5, 0.6) is 0 Å². The summed E-state index contributed by atoms with van der Waals surface area (Å²) < 4.78 is -0.00240. The monoisotopic (exact) mass is 309 g/mol. The van der Waals surface area contributed by atoms with E-state index in [-0.39, 0.29) is 22.6 Å². The van der Waals surface area contributed by atoms with Gasteiger partial charge >= 0.3 is 5.91 Å². The van der Waals surface area contributed by atoms with Crippen molar-refractivity contribution in [3.05, 3.63) is 34.4 Å². The zero-order valence-corrected chi connectivity index (χ0v) is 12.7. The summed E-state index contributed by atoms with van der Waals surface area (Å²) in [6.07, 6.45) is 1.37. The van der Waals surface area contributed by atoms with Crippen LogP contribution in [0.25, 0.3) is 0 Å². The van der Waals surface area contributed by atoms with Gasteiger partial charge in [0, 0.05) is 30.8 Å². The Morgan fingerprint density at radius 3 is 2.45 bits per heavy atom. The van der Waals surface area contributed by atoms with Crippen molar-refractivity contribution in [2.75, 3.05) is 33.7 Å². The highest BCUT2D eigenvalue weighted by atomic mass is 16.6. The van der Waals surface area contributed by atoms with Crippen LogP contribution in [0.4, 0.5) is 11.4 Å². The molecule has 0 fully saturated rings. The van der Waals surface area contributed by atoms with Crippen molar-refractivity contribution < 1.29 is 14.5 Å². The van der Waals surface area contributed by atoms with Gasteiger partial charge in [0.2, 0.25) is 6.41 Å². The maximum atomic E-state index is 12.3. The normalized spacial score (nSPS) is 11.0. The first kappa shape index (κ1) is 17.7. The number of carbonyl (C=O) groups excluding carboxylic acids is 2. The number of nitro groups is 1. The minimum absolute atomic E-state index is 0.00240. The van der Waals surface area contributed by atoms with E-state index in [0.717, 1.165) is 6.42 Å². The highest BCUT2D eigenvalue weighted by Crippen LogP contribution is 2.22. The summed E-state index contributed by atoms with van der Waals surface area (Å²) in [4.78, 5) is 32.5. The molecule has 0 bridgehead atoms. The molecule has 0 aromatic heterocycles. The van der Waals surface area contributed by atoms with Gasteiger partial charge in [-0.15, -0.1) is 0 Å². The van der Waals surface area contributed by atoms with Gasteiger partial charge in [-0.05, 0) is 13.0 Å². The molecule has 0 aliphatic carbocycles. The molecule has 0 aliphatic heterocycles. The number of nitrogens with zero attached hydrogens (tertiary/aromatic N) is 2. The lowest BCUT2D eigenvalue weighted by Gasteiger charge is -2.26. The van der Waals surface area contributed by atoms with E-state index in [1.807, 2.05) is 0 Å². The van der Waals surface area contributed by atoms with Crippen molar-refractivity contribution in [1.29, 1.82) is 0 Å². The number of likely N-dealkylation sites (N-methyl/N-ethyl adjacent to an activating group) is 1. The third kappa shape index (κ3) is 4.90. The van der Waals surface area contributed by atoms with Crippen LogP contribution < -0.4 is 15.1 Å². The van der Waals surface area contributed by atoms with Gasteiger partial charge in [0.1, 0.15) is 12.2 Å². The Kier molecular flexibility index (Phi) is 6.61. The fourth-order valence-electron chi connectivity index (χ4n) is 1.86. The van der Waals surface area contributed by atoms with Gasteiger partial charge in [0.15, 0.2) is 0 Å². The van der Waals surface area contributed by atoms with Crippen molar-refractivity contribution in [3.63, 3.8) is 0 Å². The van der Waals surface area contributed by atoms with E-state index in [9.17, 15) is 19.7 Å². The number of quaternary nitrogens is 1. The molecule has 0 aliphatic rings. The molecular weight excluding hydrogens is 288 g/mol. The first-order valence-corrected chi connectivity index (χ1v) is 6.89. The van der Waals surface area contributed by atoms with Crippen LogP contribution in [0.3, 0.4) is 0 Å². The molecule has 0 unspecified atom stereocenters. The zero-order chi connectivity index (χ0) is 16.6. The van der Waals surface area contributed by atoms with Crippen molar-refractivity contribution >= 4 is 23.7 Å². The van der Waals surface area contributed by atoms with E-state index in [0.29, 0.717) is 25.2 Å². The number of non-ortho nitro benzene ring substituents is 1. The number of hydrogen-bond donors (Lipinski definition) is 2. The molecule has 22 heavy (non-hydrogen) atoms. The number of amides is 2. The summed E-state index contributed by atoms with van der Waals surface area (Å²) in [5, 5.41) is 16.2. The van der Waals surface area contributed by atoms with Crippen LogP contribution in [-0.4, -0.2) is 51.0 Å². The van der Waals surface area contributed by atoms with Gasteiger partial charge in [-0.25, -0.2) is 9.28 Å². The molecule has 1 aromatic carbocycles. The van der Waals surface area contributed by atoms with E-state index in [1.54, 1.807) is 26.2 Å². The average Bonchev–Trinajstić information content (AvgIpc) is 2.50. The highest BCUT2D eigenvalue weighted by Gasteiger charge is 2.29. The van der Waals surface area contributed by atoms with E-state index in [2.05, 4.69) is 10.6 Å². The number of hydrogen-bond acceptors (Lipinski definition) is 5. The molecule has 2 N–H and O–H groups in total. The second-order valence-corrected chi connectivity index (χ2v) is 5.22. The van der Waals surface area contributed by atoms with Crippen LogP contribution in [0.2, 0.25) is 0 Å². The van der Waals surface area contributed by atoms with E-state index in [4.69, 9.17) is 0 Å². The quantitative estimate of drug-likeness (QED) is 0.226. The average molecular weight is 309 g/mol. The standard InChI is InChI=1S/C14H20N4O4/c1-18(2,13-6-4-12(5-7-13)17(21)22)14(20)10-15-8-3-9-16-11-19/h4-7,11,15H,3,8-10H2,1-2H3/p+1. The number of carbonyl (C=O) groups is 2. The zero-order valence-electron chi connectivity index (χ0n) is 12.7.